The number of amides is 5. The van der Waals surface area contributed by atoms with Gasteiger partial charge in [0.2, 0.25) is 5.91 Å². The quantitative estimate of drug-likeness (QED) is 0.496. The molecule has 1 aliphatic heterocycles. The summed E-state index contributed by atoms with van der Waals surface area (Å²) < 4.78 is 0. The predicted molar refractivity (Wildman–Crippen MR) is 103 cm³/mol. The van der Waals surface area contributed by atoms with Crippen LogP contribution in [0.25, 0.3) is 0 Å². The molecular formula is C18H20Cl2N4O4. The molecule has 0 bridgehead atoms. The molecule has 3 rings (SSSR count). The first-order valence-electron chi connectivity index (χ1n) is 9.01. The maximum atomic E-state index is 12.5. The SMILES string of the molecule is O=C(CCCN1C(=O)NC2(CCCC2)C1=O)NNC(=O)c1cc(Cl)ccc1Cl. The summed E-state index contributed by atoms with van der Waals surface area (Å²) in [6.45, 7) is 0.147. The van der Waals surface area contributed by atoms with Crippen molar-refractivity contribution in [2.45, 2.75) is 44.1 Å². The van der Waals surface area contributed by atoms with Gasteiger partial charge in [0.05, 0.1) is 10.6 Å². The fraction of sp³-hybridized carbons (Fsp3) is 0.444. The van der Waals surface area contributed by atoms with Gasteiger partial charge in [0, 0.05) is 18.0 Å². The third kappa shape index (κ3) is 4.23. The highest BCUT2D eigenvalue weighted by Crippen LogP contribution is 2.35. The molecule has 1 spiro atoms. The van der Waals surface area contributed by atoms with E-state index in [9.17, 15) is 19.2 Å². The number of imide groups is 1. The van der Waals surface area contributed by atoms with Crippen LogP contribution in [0, 0.1) is 0 Å². The molecule has 1 aromatic carbocycles. The number of benzene rings is 1. The number of nitrogens with zero attached hydrogens (tertiary/aromatic N) is 1. The second kappa shape index (κ2) is 8.36. The van der Waals surface area contributed by atoms with E-state index >= 15 is 0 Å². The van der Waals surface area contributed by atoms with Crippen LogP contribution in [0.15, 0.2) is 18.2 Å². The van der Waals surface area contributed by atoms with Gasteiger partial charge in [-0.3, -0.25) is 30.1 Å². The number of hydrogen-bond acceptors (Lipinski definition) is 4. The van der Waals surface area contributed by atoms with Gasteiger partial charge in [-0.05, 0) is 37.5 Å². The molecular weight excluding hydrogens is 407 g/mol. The van der Waals surface area contributed by atoms with Crippen LogP contribution in [0.5, 0.6) is 0 Å². The fourth-order valence-electron chi connectivity index (χ4n) is 3.52. The highest BCUT2D eigenvalue weighted by molar-refractivity contribution is 6.35. The van der Waals surface area contributed by atoms with Crippen molar-refractivity contribution in [2.24, 2.45) is 0 Å². The lowest BCUT2D eigenvalue weighted by molar-refractivity contribution is -0.131. The zero-order valence-corrected chi connectivity index (χ0v) is 16.5. The molecule has 0 atom stereocenters. The summed E-state index contributed by atoms with van der Waals surface area (Å²) in [7, 11) is 0. The van der Waals surface area contributed by atoms with Crippen molar-refractivity contribution in [3.05, 3.63) is 33.8 Å². The van der Waals surface area contributed by atoms with Gasteiger partial charge < -0.3 is 5.32 Å². The van der Waals surface area contributed by atoms with Crippen molar-refractivity contribution >= 4 is 47.0 Å². The van der Waals surface area contributed by atoms with E-state index in [1.807, 2.05) is 0 Å². The maximum Gasteiger partial charge on any atom is 0.325 e. The molecule has 1 saturated carbocycles. The Morgan fingerprint density at radius 2 is 1.86 bits per heavy atom. The number of nitrogens with one attached hydrogen (secondary N) is 3. The lowest BCUT2D eigenvalue weighted by Gasteiger charge is -2.19. The van der Waals surface area contributed by atoms with Gasteiger partial charge in [0.1, 0.15) is 5.54 Å². The number of rotatable bonds is 5. The first-order chi connectivity index (χ1) is 13.3. The molecule has 0 unspecified atom stereocenters. The largest absolute Gasteiger partial charge is 0.325 e. The summed E-state index contributed by atoms with van der Waals surface area (Å²) in [5.74, 6) is -1.26. The number of urea groups is 1. The molecule has 1 saturated heterocycles. The molecule has 1 heterocycles. The van der Waals surface area contributed by atoms with Crippen LogP contribution in [-0.2, 0) is 9.59 Å². The van der Waals surface area contributed by atoms with E-state index in [0.29, 0.717) is 17.9 Å². The fourth-order valence-corrected chi connectivity index (χ4v) is 3.90. The minimum atomic E-state index is -0.746. The van der Waals surface area contributed by atoms with E-state index in [0.717, 1.165) is 12.8 Å². The summed E-state index contributed by atoms with van der Waals surface area (Å²) >= 11 is 11.8. The van der Waals surface area contributed by atoms with E-state index < -0.39 is 23.4 Å². The Bertz CT molecular complexity index is 824. The number of halogens is 2. The molecule has 5 amide bonds. The minimum Gasteiger partial charge on any atom is -0.323 e. The molecule has 1 aromatic rings. The summed E-state index contributed by atoms with van der Waals surface area (Å²) in [5, 5.41) is 3.34. The summed E-state index contributed by atoms with van der Waals surface area (Å²) in [4.78, 5) is 49.7. The summed E-state index contributed by atoms with van der Waals surface area (Å²) in [6.07, 6.45) is 3.47. The lowest BCUT2D eigenvalue weighted by atomic mass is 9.98. The predicted octanol–water partition coefficient (Wildman–Crippen LogP) is 2.40. The molecule has 1 aliphatic carbocycles. The van der Waals surface area contributed by atoms with Crippen molar-refractivity contribution in [3.63, 3.8) is 0 Å². The molecule has 10 heteroatoms. The third-order valence-corrected chi connectivity index (χ3v) is 5.54. The van der Waals surface area contributed by atoms with Crippen molar-refractivity contribution < 1.29 is 19.2 Å². The van der Waals surface area contributed by atoms with Gasteiger partial charge in [-0.15, -0.1) is 0 Å². The molecule has 0 radical (unpaired) electrons. The smallest absolute Gasteiger partial charge is 0.323 e. The van der Waals surface area contributed by atoms with Crippen molar-refractivity contribution in [1.29, 1.82) is 0 Å². The van der Waals surface area contributed by atoms with E-state index in [1.54, 1.807) is 6.07 Å². The Hall–Kier alpha value is -2.32. The number of hydrazine groups is 1. The van der Waals surface area contributed by atoms with Gasteiger partial charge in [-0.2, -0.15) is 0 Å². The normalized spacial score (nSPS) is 17.7. The second-order valence-corrected chi connectivity index (χ2v) is 7.75. The van der Waals surface area contributed by atoms with Gasteiger partial charge in [-0.1, -0.05) is 36.0 Å². The Morgan fingerprint density at radius 3 is 2.57 bits per heavy atom. The van der Waals surface area contributed by atoms with E-state index in [4.69, 9.17) is 23.2 Å². The highest BCUT2D eigenvalue weighted by Gasteiger charge is 2.51. The van der Waals surface area contributed by atoms with Crippen LogP contribution in [-0.4, -0.2) is 40.7 Å². The topological polar surface area (TPSA) is 108 Å². The molecule has 3 N–H and O–H groups in total. The molecule has 2 fully saturated rings. The zero-order chi connectivity index (χ0) is 20.3. The van der Waals surface area contributed by atoms with Gasteiger partial charge >= 0.3 is 6.03 Å². The first-order valence-corrected chi connectivity index (χ1v) is 9.76. The average molecular weight is 427 g/mol. The summed E-state index contributed by atoms with van der Waals surface area (Å²) in [6, 6.07) is 4.01. The number of hydrogen-bond donors (Lipinski definition) is 3. The van der Waals surface area contributed by atoms with Gasteiger partial charge in [0.25, 0.3) is 11.8 Å². The van der Waals surface area contributed by atoms with E-state index in [2.05, 4.69) is 16.2 Å². The lowest BCUT2D eigenvalue weighted by Crippen LogP contribution is -2.44. The van der Waals surface area contributed by atoms with Crippen LogP contribution >= 0.6 is 23.2 Å². The second-order valence-electron chi connectivity index (χ2n) is 6.91. The Morgan fingerprint density at radius 1 is 1.14 bits per heavy atom. The monoisotopic (exact) mass is 426 g/mol. The standard InChI is InChI=1S/C18H20Cl2N4O4/c19-11-5-6-13(20)12(10-11)15(26)23-22-14(25)4-3-9-24-16(27)18(21-17(24)28)7-1-2-8-18/h5-6,10H,1-4,7-9H2,(H,21,28)(H,22,25)(H,23,26). The Balaban J connectivity index is 1.44. The van der Waals surface area contributed by atoms with Crippen LogP contribution in [0.1, 0.15) is 48.9 Å². The number of carbonyl (C=O) groups excluding carboxylic acids is 4. The molecule has 0 aromatic heterocycles. The molecule has 8 nitrogen and oxygen atoms in total. The summed E-state index contributed by atoms with van der Waals surface area (Å²) in [5.41, 5.74) is 3.93. The van der Waals surface area contributed by atoms with Crippen LogP contribution in [0.3, 0.4) is 0 Å². The maximum absolute atomic E-state index is 12.5. The van der Waals surface area contributed by atoms with E-state index in [-0.39, 0.29) is 35.9 Å². The number of carbonyl (C=O) groups is 4. The van der Waals surface area contributed by atoms with Gasteiger partial charge in [0.15, 0.2) is 0 Å². The zero-order valence-electron chi connectivity index (χ0n) is 15.0. The molecule has 150 valence electrons. The van der Waals surface area contributed by atoms with Crippen LogP contribution in [0.4, 0.5) is 4.79 Å². The van der Waals surface area contributed by atoms with Crippen LogP contribution in [0.2, 0.25) is 10.0 Å². The van der Waals surface area contributed by atoms with Crippen molar-refractivity contribution in [2.75, 3.05) is 6.54 Å². The van der Waals surface area contributed by atoms with Gasteiger partial charge in [-0.25, -0.2) is 4.79 Å². The average Bonchev–Trinajstić information content (AvgIpc) is 3.22. The Labute approximate surface area is 171 Å². The molecule has 28 heavy (non-hydrogen) atoms. The highest BCUT2D eigenvalue weighted by atomic mass is 35.5. The van der Waals surface area contributed by atoms with Crippen molar-refractivity contribution in [1.82, 2.24) is 21.1 Å². The Kier molecular flexibility index (Phi) is 6.10. The van der Waals surface area contributed by atoms with Crippen LogP contribution < -0.4 is 16.2 Å². The first kappa shape index (κ1) is 20.4. The molecule has 2 aliphatic rings. The van der Waals surface area contributed by atoms with Crippen molar-refractivity contribution in [3.8, 4) is 0 Å². The van der Waals surface area contributed by atoms with E-state index in [1.165, 1.54) is 17.0 Å². The third-order valence-electron chi connectivity index (χ3n) is 4.98. The minimum absolute atomic E-state index is 0.0353.